The molecule has 4 atom stereocenters. The van der Waals surface area contributed by atoms with Crippen LogP contribution in [0.15, 0.2) is 0 Å². The van der Waals surface area contributed by atoms with E-state index in [1.54, 1.807) is 0 Å². The molecule has 0 radical (unpaired) electrons. The van der Waals surface area contributed by atoms with E-state index in [1.165, 1.54) is 51.5 Å². The Morgan fingerprint density at radius 1 is 1.21 bits per heavy atom. The highest BCUT2D eigenvalue weighted by Gasteiger charge is 2.60. The summed E-state index contributed by atoms with van der Waals surface area (Å²) in [5.41, 5.74) is 1.09. The fraction of sp³-hybridized carbons (Fsp3) is 1.00. The van der Waals surface area contributed by atoms with Crippen molar-refractivity contribution >= 4 is 0 Å². The normalized spacial score (nSPS) is 37.7. The Balaban J connectivity index is 1.87. The summed E-state index contributed by atoms with van der Waals surface area (Å²) in [6, 6.07) is 0.775. The summed E-state index contributed by atoms with van der Waals surface area (Å²) < 4.78 is 0. The number of rotatable bonds is 7. The zero-order valence-corrected chi connectivity index (χ0v) is 13.9. The van der Waals surface area contributed by atoms with E-state index in [1.807, 2.05) is 0 Å². The summed E-state index contributed by atoms with van der Waals surface area (Å²) in [4.78, 5) is 0. The summed E-state index contributed by atoms with van der Waals surface area (Å²) in [7, 11) is 0. The second kappa shape index (κ2) is 5.76. The first-order chi connectivity index (χ1) is 8.95. The predicted octanol–water partition coefficient (Wildman–Crippen LogP) is 5.01. The van der Waals surface area contributed by atoms with Gasteiger partial charge < -0.3 is 5.32 Å². The van der Waals surface area contributed by atoms with Crippen LogP contribution in [-0.4, -0.2) is 12.6 Å². The molecule has 0 aliphatic heterocycles. The monoisotopic (exact) mass is 265 g/mol. The van der Waals surface area contributed by atoms with Crippen molar-refractivity contribution in [2.45, 2.75) is 85.6 Å². The predicted molar refractivity (Wildman–Crippen MR) is 84.3 cm³/mol. The lowest BCUT2D eigenvalue weighted by atomic mass is 9.69. The minimum Gasteiger partial charge on any atom is -0.313 e. The zero-order chi connectivity index (χ0) is 14.1. The van der Waals surface area contributed by atoms with Gasteiger partial charge in [0.2, 0.25) is 0 Å². The van der Waals surface area contributed by atoms with Crippen molar-refractivity contribution in [2.24, 2.45) is 22.7 Å². The third-order valence-corrected chi connectivity index (χ3v) is 6.99. The first-order valence-corrected chi connectivity index (χ1v) is 8.69. The van der Waals surface area contributed by atoms with Crippen LogP contribution in [0.2, 0.25) is 0 Å². The molecule has 2 aliphatic rings. The first kappa shape index (κ1) is 15.4. The maximum Gasteiger partial charge on any atom is 0.0129 e. The molecule has 0 aromatic heterocycles. The molecule has 2 saturated carbocycles. The van der Waals surface area contributed by atoms with Crippen molar-refractivity contribution in [1.29, 1.82) is 0 Å². The molecule has 1 nitrogen and oxygen atoms in total. The Morgan fingerprint density at radius 3 is 2.42 bits per heavy atom. The standard InChI is InChI=1S/C18H35N/c1-6-8-9-14(7-2)13-19-16-12-15-10-11-18(16,5)17(15,3)4/h14-16,19H,6-13H2,1-5H3. The van der Waals surface area contributed by atoms with Gasteiger partial charge in [0.1, 0.15) is 0 Å². The number of hydrogen-bond acceptors (Lipinski definition) is 1. The van der Waals surface area contributed by atoms with Gasteiger partial charge in [0.05, 0.1) is 0 Å². The van der Waals surface area contributed by atoms with Crippen LogP contribution in [0, 0.1) is 22.7 Å². The molecular weight excluding hydrogens is 230 g/mol. The number of unbranched alkanes of at least 4 members (excludes halogenated alkanes) is 1. The van der Waals surface area contributed by atoms with Crippen molar-refractivity contribution in [1.82, 2.24) is 5.32 Å². The van der Waals surface area contributed by atoms with Crippen molar-refractivity contribution in [3.8, 4) is 0 Å². The van der Waals surface area contributed by atoms with Gasteiger partial charge >= 0.3 is 0 Å². The van der Waals surface area contributed by atoms with Gasteiger partial charge in [-0.2, -0.15) is 0 Å². The average molecular weight is 265 g/mol. The van der Waals surface area contributed by atoms with Crippen LogP contribution in [-0.2, 0) is 0 Å². The molecule has 1 N–H and O–H groups in total. The lowest BCUT2D eigenvalue weighted by Crippen LogP contribution is -2.45. The molecule has 0 aromatic carbocycles. The third kappa shape index (κ3) is 2.60. The van der Waals surface area contributed by atoms with Crippen LogP contribution >= 0.6 is 0 Å². The molecule has 2 rings (SSSR count). The zero-order valence-electron chi connectivity index (χ0n) is 13.9. The van der Waals surface area contributed by atoms with Crippen LogP contribution in [0.25, 0.3) is 0 Å². The van der Waals surface area contributed by atoms with Crippen molar-refractivity contribution < 1.29 is 0 Å². The number of nitrogens with one attached hydrogen (secondary N) is 1. The molecule has 2 fully saturated rings. The van der Waals surface area contributed by atoms with Crippen LogP contribution in [0.4, 0.5) is 0 Å². The lowest BCUT2D eigenvalue weighted by Gasteiger charge is -2.40. The van der Waals surface area contributed by atoms with Crippen LogP contribution in [0.3, 0.4) is 0 Å². The van der Waals surface area contributed by atoms with E-state index in [-0.39, 0.29) is 0 Å². The first-order valence-electron chi connectivity index (χ1n) is 8.69. The fourth-order valence-corrected chi connectivity index (χ4v) is 4.76. The highest BCUT2D eigenvalue weighted by atomic mass is 15.0. The summed E-state index contributed by atoms with van der Waals surface area (Å²) >= 11 is 0. The summed E-state index contributed by atoms with van der Waals surface area (Å²) in [5, 5.41) is 3.97. The van der Waals surface area contributed by atoms with Crippen molar-refractivity contribution in [3.05, 3.63) is 0 Å². The Hall–Kier alpha value is -0.0400. The van der Waals surface area contributed by atoms with Gasteiger partial charge in [0, 0.05) is 6.04 Å². The van der Waals surface area contributed by atoms with Gasteiger partial charge in [-0.15, -0.1) is 0 Å². The Labute approximate surface area is 120 Å². The van der Waals surface area contributed by atoms with E-state index in [4.69, 9.17) is 0 Å². The Kier molecular flexibility index (Phi) is 4.65. The van der Waals surface area contributed by atoms with Gasteiger partial charge in [0.15, 0.2) is 0 Å². The molecule has 4 unspecified atom stereocenters. The SMILES string of the molecule is CCCCC(CC)CNC1CC2CCC1(C)C2(C)C. The summed E-state index contributed by atoms with van der Waals surface area (Å²) in [5.74, 6) is 1.86. The van der Waals surface area contributed by atoms with Gasteiger partial charge in [-0.05, 0) is 54.9 Å². The number of fused-ring (bicyclic) bond motifs is 2. The second-order valence-electron chi connectivity index (χ2n) is 7.99. The highest BCUT2D eigenvalue weighted by Crippen LogP contribution is 2.65. The van der Waals surface area contributed by atoms with Gasteiger partial charge in [-0.3, -0.25) is 0 Å². The van der Waals surface area contributed by atoms with Crippen LogP contribution in [0.1, 0.15) is 79.6 Å². The van der Waals surface area contributed by atoms with E-state index in [2.05, 4.69) is 39.9 Å². The molecule has 0 aromatic rings. The fourth-order valence-electron chi connectivity index (χ4n) is 4.76. The van der Waals surface area contributed by atoms with Crippen LogP contribution in [0.5, 0.6) is 0 Å². The van der Waals surface area contributed by atoms with E-state index < -0.39 is 0 Å². The van der Waals surface area contributed by atoms with Crippen molar-refractivity contribution in [2.75, 3.05) is 6.54 Å². The minimum absolute atomic E-state index is 0.542. The maximum absolute atomic E-state index is 3.97. The molecule has 0 amide bonds. The average Bonchev–Trinajstić information content (AvgIpc) is 2.72. The van der Waals surface area contributed by atoms with E-state index in [0.29, 0.717) is 10.8 Å². The molecule has 0 heterocycles. The summed E-state index contributed by atoms with van der Waals surface area (Å²) in [6.07, 6.45) is 9.82. The van der Waals surface area contributed by atoms with Crippen LogP contribution < -0.4 is 5.32 Å². The van der Waals surface area contributed by atoms with E-state index in [0.717, 1.165) is 17.9 Å². The van der Waals surface area contributed by atoms with E-state index >= 15 is 0 Å². The molecular formula is C18H35N. The van der Waals surface area contributed by atoms with Gasteiger partial charge in [-0.25, -0.2) is 0 Å². The second-order valence-corrected chi connectivity index (χ2v) is 7.99. The van der Waals surface area contributed by atoms with Gasteiger partial charge in [0.25, 0.3) is 0 Å². The molecule has 1 heteroatoms. The Bertz CT molecular complexity index is 296. The lowest BCUT2D eigenvalue weighted by molar-refractivity contribution is 0.118. The molecule has 112 valence electrons. The topological polar surface area (TPSA) is 12.0 Å². The summed E-state index contributed by atoms with van der Waals surface area (Å²) in [6.45, 7) is 13.5. The highest BCUT2D eigenvalue weighted by molar-refractivity contribution is 5.12. The Morgan fingerprint density at radius 2 is 1.95 bits per heavy atom. The quantitative estimate of drug-likeness (QED) is 0.682. The molecule has 2 aliphatic carbocycles. The molecule has 19 heavy (non-hydrogen) atoms. The number of hydrogen-bond donors (Lipinski definition) is 1. The van der Waals surface area contributed by atoms with Crippen molar-refractivity contribution in [3.63, 3.8) is 0 Å². The van der Waals surface area contributed by atoms with E-state index in [9.17, 15) is 0 Å². The largest absolute Gasteiger partial charge is 0.313 e. The molecule has 2 bridgehead atoms. The molecule has 0 spiro atoms. The maximum atomic E-state index is 3.97. The molecule has 0 saturated heterocycles. The smallest absolute Gasteiger partial charge is 0.0129 e. The van der Waals surface area contributed by atoms with Gasteiger partial charge in [-0.1, -0.05) is 53.9 Å². The third-order valence-electron chi connectivity index (χ3n) is 6.99. The minimum atomic E-state index is 0.542.